The number of hydrogen-bond donors (Lipinski definition) is 2. The van der Waals surface area contributed by atoms with Crippen molar-refractivity contribution in [3.8, 4) is 0 Å². The van der Waals surface area contributed by atoms with Gasteiger partial charge in [-0.15, -0.1) is 11.3 Å². The van der Waals surface area contributed by atoms with E-state index in [1.54, 1.807) is 11.3 Å². The van der Waals surface area contributed by atoms with Crippen LogP contribution in [0, 0.1) is 5.92 Å². The molecule has 1 aliphatic heterocycles. The number of nitrogens with zero attached hydrogens (tertiary/aromatic N) is 1. The molecule has 2 aliphatic rings. The number of aromatic nitrogens is 1. The van der Waals surface area contributed by atoms with Crippen LogP contribution in [0.2, 0.25) is 5.02 Å². The standard InChI is InChI=1S/C19H24ClN3O2S2/c20-15-5-3-13(4-6-15)11-16-19-17(7-9-21-16)26-18(23-19)8-10-22-27(24,25)12-14-1-2-14/h3-6,14,16,21-22H,1-2,7-12H2. The minimum atomic E-state index is -3.14. The molecule has 0 spiro atoms. The van der Waals surface area contributed by atoms with E-state index in [0.717, 1.165) is 48.0 Å². The fourth-order valence-corrected chi connectivity index (χ4v) is 6.16. The maximum absolute atomic E-state index is 12.0. The highest BCUT2D eigenvalue weighted by Crippen LogP contribution is 2.31. The Labute approximate surface area is 169 Å². The van der Waals surface area contributed by atoms with Gasteiger partial charge < -0.3 is 5.32 Å². The van der Waals surface area contributed by atoms with Crippen LogP contribution in [0.1, 0.15) is 40.0 Å². The van der Waals surface area contributed by atoms with Crippen molar-refractivity contribution in [1.29, 1.82) is 0 Å². The molecular formula is C19H24ClN3O2S2. The fourth-order valence-electron chi connectivity index (χ4n) is 3.42. The van der Waals surface area contributed by atoms with Crippen LogP contribution in [0.3, 0.4) is 0 Å². The maximum atomic E-state index is 12.0. The average molecular weight is 426 g/mol. The molecule has 0 radical (unpaired) electrons. The van der Waals surface area contributed by atoms with E-state index in [0.29, 0.717) is 18.9 Å². The Balaban J connectivity index is 1.37. The first kappa shape index (κ1) is 19.3. The van der Waals surface area contributed by atoms with Crippen molar-refractivity contribution in [2.75, 3.05) is 18.8 Å². The van der Waals surface area contributed by atoms with Gasteiger partial charge in [-0.05, 0) is 49.3 Å². The monoisotopic (exact) mass is 425 g/mol. The van der Waals surface area contributed by atoms with Gasteiger partial charge in [0.1, 0.15) is 0 Å². The van der Waals surface area contributed by atoms with Gasteiger partial charge in [-0.3, -0.25) is 0 Å². The van der Waals surface area contributed by atoms with Gasteiger partial charge >= 0.3 is 0 Å². The highest BCUT2D eigenvalue weighted by Gasteiger charge is 2.28. The zero-order valence-corrected chi connectivity index (χ0v) is 17.5. The van der Waals surface area contributed by atoms with Gasteiger partial charge in [0.2, 0.25) is 10.0 Å². The summed E-state index contributed by atoms with van der Waals surface area (Å²) < 4.78 is 26.7. The molecule has 1 aromatic heterocycles. The number of fused-ring (bicyclic) bond motifs is 1. The van der Waals surface area contributed by atoms with Crippen LogP contribution < -0.4 is 10.0 Å². The lowest BCUT2D eigenvalue weighted by Gasteiger charge is -2.23. The van der Waals surface area contributed by atoms with E-state index in [1.807, 2.05) is 12.1 Å². The van der Waals surface area contributed by atoms with Crippen molar-refractivity contribution >= 4 is 33.0 Å². The number of thiazole rings is 1. The van der Waals surface area contributed by atoms with Crippen LogP contribution in [0.15, 0.2) is 24.3 Å². The lowest BCUT2D eigenvalue weighted by atomic mass is 9.99. The van der Waals surface area contributed by atoms with Gasteiger partial charge in [0.25, 0.3) is 0 Å². The molecule has 8 heteroatoms. The Bertz CT molecular complexity index is 892. The number of hydrogen-bond acceptors (Lipinski definition) is 5. The second kappa shape index (κ2) is 8.17. The van der Waals surface area contributed by atoms with E-state index in [4.69, 9.17) is 16.6 Å². The molecule has 1 aliphatic carbocycles. The first-order valence-corrected chi connectivity index (χ1v) is 12.3. The first-order valence-electron chi connectivity index (χ1n) is 9.42. The van der Waals surface area contributed by atoms with Crippen molar-refractivity contribution in [1.82, 2.24) is 15.0 Å². The Morgan fingerprint density at radius 1 is 1.26 bits per heavy atom. The highest BCUT2D eigenvalue weighted by atomic mass is 35.5. The molecule has 1 fully saturated rings. The Morgan fingerprint density at radius 3 is 2.78 bits per heavy atom. The molecular weight excluding hydrogens is 402 g/mol. The molecule has 1 unspecified atom stereocenters. The summed E-state index contributed by atoms with van der Waals surface area (Å²) in [5.41, 5.74) is 2.35. The predicted octanol–water partition coefficient (Wildman–Crippen LogP) is 3.10. The van der Waals surface area contributed by atoms with Crippen LogP contribution in [-0.4, -0.2) is 32.2 Å². The average Bonchev–Trinajstić information content (AvgIpc) is 3.32. The van der Waals surface area contributed by atoms with Crippen LogP contribution in [-0.2, 0) is 29.3 Å². The van der Waals surface area contributed by atoms with E-state index in [-0.39, 0.29) is 11.8 Å². The molecule has 0 bridgehead atoms. The number of rotatable bonds is 8. The quantitative estimate of drug-likeness (QED) is 0.681. The second-order valence-corrected chi connectivity index (χ2v) is 10.8. The molecule has 2 aromatic rings. The van der Waals surface area contributed by atoms with Crippen LogP contribution in [0.5, 0.6) is 0 Å². The minimum absolute atomic E-state index is 0.200. The van der Waals surface area contributed by atoms with E-state index in [1.165, 1.54) is 10.4 Å². The topological polar surface area (TPSA) is 71.1 Å². The van der Waals surface area contributed by atoms with Gasteiger partial charge in [-0.25, -0.2) is 18.1 Å². The minimum Gasteiger partial charge on any atom is -0.308 e. The zero-order valence-electron chi connectivity index (χ0n) is 15.1. The van der Waals surface area contributed by atoms with Crippen molar-refractivity contribution in [3.63, 3.8) is 0 Å². The predicted molar refractivity (Wildman–Crippen MR) is 110 cm³/mol. The second-order valence-electron chi connectivity index (χ2n) is 7.37. The van der Waals surface area contributed by atoms with Crippen molar-refractivity contribution in [2.45, 2.75) is 38.1 Å². The van der Waals surface area contributed by atoms with Gasteiger partial charge in [0, 0.05) is 29.4 Å². The van der Waals surface area contributed by atoms with Crippen LogP contribution in [0.25, 0.3) is 0 Å². The molecule has 1 atom stereocenters. The number of benzene rings is 1. The lowest BCUT2D eigenvalue weighted by molar-refractivity contribution is 0.495. The number of nitrogens with one attached hydrogen (secondary N) is 2. The SMILES string of the molecule is O=S(=O)(CC1CC1)NCCc1nc2c(s1)CCNC2Cc1ccc(Cl)cc1. The van der Waals surface area contributed by atoms with Gasteiger partial charge in [-0.1, -0.05) is 23.7 Å². The van der Waals surface area contributed by atoms with E-state index < -0.39 is 10.0 Å². The number of sulfonamides is 1. The van der Waals surface area contributed by atoms with E-state index in [9.17, 15) is 8.42 Å². The van der Waals surface area contributed by atoms with E-state index >= 15 is 0 Å². The first-order chi connectivity index (χ1) is 13.0. The Kier molecular flexibility index (Phi) is 5.85. The van der Waals surface area contributed by atoms with Crippen LogP contribution >= 0.6 is 22.9 Å². The highest BCUT2D eigenvalue weighted by molar-refractivity contribution is 7.89. The molecule has 27 heavy (non-hydrogen) atoms. The van der Waals surface area contributed by atoms with Crippen molar-refractivity contribution < 1.29 is 8.42 Å². The smallest absolute Gasteiger partial charge is 0.211 e. The van der Waals surface area contributed by atoms with Gasteiger partial charge in [0.15, 0.2) is 0 Å². The van der Waals surface area contributed by atoms with Crippen LogP contribution in [0.4, 0.5) is 0 Å². The third-order valence-electron chi connectivity index (χ3n) is 5.01. The normalized spacial score (nSPS) is 19.8. The molecule has 1 aromatic carbocycles. The third kappa shape index (κ3) is 5.29. The third-order valence-corrected chi connectivity index (χ3v) is 8.01. The summed E-state index contributed by atoms with van der Waals surface area (Å²) in [6.45, 7) is 1.37. The summed E-state index contributed by atoms with van der Waals surface area (Å²) in [5, 5.41) is 5.32. The molecule has 146 valence electrons. The Morgan fingerprint density at radius 2 is 2.04 bits per heavy atom. The lowest BCUT2D eigenvalue weighted by Crippen LogP contribution is -2.31. The summed E-state index contributed by atoms with van der Waals surface area (Å²) in [6, 6.07) is 8.15. The summed E-state index contributed by atoms with van der Waals surface area (Å²) in [4.78, 5) is 6.16. The largest absolute Gasteiger partial charge is 0.308 e. The molecule has 2 heterocycles. The molecule has 2 N–H and O–H groups in total. The molecule has 0 amide bonds. The summed E-state index contributed by atoms with van der Waals surface area (Å²) in [7, 11) is -3.14. The molecule has 4 rings (SSSR count). The maximum Gasteiger partial charge on any atom is 0.211 e. The number of halogens is 1. The Hall–Kier alpha value is -0.990. The fraction of sp³-hybridized carbons (Fsp3) is 0.526. The summed E-state index contributed by atoms with van der Waals surface area (Å²) in [6.07, 6.45) is 4.60. The zero-order chi connectivity index (χ0) is 18.9. The summed E-state index contributed by atoms with van der Waals surface area (Å²) >= 11 is 7.70. The molecule has 5 nitrogen and oxygen atoms in total. The van der Waals surface area contributed by atoms with Gasteiger partial charge in [-0.2, -0.15) is 0 Å². The van der Waals surface area contributed by atoms with E-state index in [2.05, 4.69) is 22.2 Å². The van der Waals surface area contributed by atoms with Crippen molar-refractivity contribution in [3.05, 3.63) is 50.4 Å². The molecule has 1 saturated carbocycles. The van der Waals surface area contributed by atoms with Crippen molar-refractivity contribution in [2.24, 2.45) is 5.92 Å². The van der Waals surface area contributed by atoms with Gasteiger partial charge in [0.05, 0.1) is 22.5 Å². The summed E-state index contributed by atoms with van der Waals surface area (Å²) in [5.74, 6) is 0.642. The molecule has 0 saturated heterocycles.